The van der Waals surface area contributed by atoms with Gasteiger partial charge in [0, 0.05) is 12.1 Å². The highest BCUT2D eigenvalue weighted by Crippen LogP contribution is 2.23. The van der Waals surface area contributed by atoms with E-state index in [-0.39, 0.29) is 0 Å². The largest absolute Gasteiger partial charge is 0.312 e. The molecular formula is C11H24N2. The Morgan fingerprint density at radius 3 is 2.69 bits per heavy atom. The first-order chi connectivity index (χ1) is 6.29. The van der Waals surface area contributed by atoms with Crippen molar-refractivity contribution in [3.63, 3.8) is 0 Å². The summed E-state index contributed by atoms with van der Waals surface area (Å²) in [5.41, 5.74) is 0. The van der Waals surface area contributed by atoms with Gasteiger partial charge in [-0.15, -0.1) is 0 Å². The van der Waals surface area contributed by atoms with Gasteiger partial charge < -0.3 is 10.2 Å². The van der Waals surface area contributed by atoms with Crippen LogP contribution in [0.2, 0.25) is 0 Å². The second-order valence-corrected chi connectivity index (χ2v) is 4.13. The standard InChI is InChI=1S/C11H24N2/c1-4-9-12-10-7-6-8-11(10)13(3)5-2/h10-12H,4-9H2,1-3H3. The van der Waals surface area contributed by atoms with Crippen LogP contribution in [0.4, 0.5) is 0 Å². The lowest BCUT2D eigenvalue weighted by Gasteiger charge is -2.29. The summed E-state index contributed by atoms with van der Waals surface area (Å²) < 4.78 is 0. The van der Waals surface area contributed by atoms with E-state index in [1.165, 1.54) is 38.8 Å². The maximum Gasteiger partial charge on any atom is 0.0246 e. The third-order valence-electron chi connectivity index (χ3n) is 3.20. The highest BCUT2D eigenvalue weighted by Gasteiger charge is 2.28. The predicted octanol–water partition coefficient (Wildman–Crippen LogP) is 1.86. The van der Waals surface area contributed by atoms with Crippen LogP contribution < -0.4 is 5.32 Å². The first kappa shape index (κ1) is 11.0. The van der Waals surface area contributed by atoms with Crippen LogP contribution in [0.1, 0.15) is 39.5 Å². The van der Waals surface area contributed by atoms with E-state index in [9.17, 15) is 0 Å². The van der Waals surface area contributed by atoms with Crippen molar-refractivity contribution in [1.82, 2.24) is 10.2 Å². The summed E-state index contributed by atoms with van der Waals surface area (Å²) >= 11 is 0. The van der Waals surface area contributed by atoms with Crippen molar-refractivity contribution in [3.05, 3.63) is 0 Å². The summed E-state index contributed by atoms with van der Waals surface area (Å²) in [6, 6.07) is 1.54. The van der Waals surface area contributed by atoms with Crippen LogP contribution in [0, 0.1) is 0 Å². The van der Waals surface area contributed by atoms with Crippen LogP contribution in [-0.2, 0) is 0 Å². The first-order valence-corrected chi connectivity index (χ1v) is 5.73. The molecule has 2 unspecified atom stereocenters. The summed E-state index contributed by atoms with van der Waals surface area (Å²) in [5, 5.41) is 3.65. The Kier molecular flexibility index (Phi) is 4.74. The number of nitrogens with zero attached hydrogens (tertiary/aromatic N) is 1. The van der Waals surface area contributed by atoms with Gasteiger partial charge in [-0.25, -0.2) is 0 Å². The average molecular weight is 184 g/mol. The number of nitrogens with one attached hydrogen (secondary N) is 1. The normalized spacial score (nSPS) is 28.6. The molecular weight excluding hydrogens is 160 g/mol. The molecule has 2 atom stereocenters. The second-order valence-electron chi connectivity index (χ2n) is 4.13. The average Bonchev–Trinajstić information content (AvgIpc) is 2.61. The third kappa shape index (κ3) is 2.96. The summed E-state index contributed by atoms with van der Waals surface area (Å²) in [6.45, 7) is 6.84. The van der Waals surface area contributed by atoms with Crippen molar-refractivity contribution in [3.8, 4) is 0 Å². The van der Waals surface area contributed by atoms with Gasteiger partial charge in [0.2, 0.25) is 0 Å². The fourth-order valence-electron chi connectivity index (χ4n) is 2.27. The molecule has 0 saturated heterocycles. The molecule has 0 radical (unpaired) electrons. The van der Waals surface area contributed by atoms with Crippen LogP contribution in [-0.4, -0.2) is 37.1 Å². The molecule has 1 N–H and O–H groups in total. The SMILES string of the molecule is CCCNC1CCCC1N(C)CC. The molecule has 13 heavy (non-hydrogen) atoms. The van der Waals surface area contributed by atoms with Gasteiger partial charge in [0.05, 0.1) is 0 Å². The van der Waals surface area contributed by atoms with Crippen molar-refractivity contribution < 1.29 is 0 Å². The molecule has 0 spiro atoms. The van der Waals surface area contributed by atoms with E-state index >= 15 is 0 Å². The van der Waals surface area contributed by atoms with Gasteiger partial charge >= 0.3 is 0 Å². The molecule has 1 aliphatic carbocycles. The van der Waals surface area contributed by atoms with Gasteiger partial charge in [-0.2, -0.15) is 0 Å². The maximum absolute atomic E-state index is 3.65. The Morgan fingerprint density at radius 2 is 2.08 bits per heavy atom. The van der Waals surface area contributed by atoms with Crippen molar-refractivity contribution in [2.45, 2.75) is 51.6 Å². The molecule has 0 aromatic heterocycles. The quantitative estimate of drug-likeness (QED) is 0.701. The predicted molar refractivity (Wildman–Crippen MR) is 58.0 cm³/mol. The molecule has 1 fully saturated rings. The fourth-order valence-corrected chi connectivity index (χ4v) is 2.27. The minimum absolute atomic E-state index is 0.755. The Hall–Kier alpha value is -0.0800. The Bertz CT molecular complexity index is 136. The molecule has 78 valence electrons. The van der Waals surface area contributed by atoms with Gasteiger partial charge in [-0.3, -0.25) is 0 Å². The Labute approximate surface area is 82.7 Å². The van der Waals surface area contributed by atoms with E-state index in [2.05, 4.69) is 31.1 Å². The third-order valence-corrected chi connectivity index (χ3v) is 3.20. The topological polar surface area (TPSA) is 15.3 Å². The van der Waals surface area contributed by atoms with Crippen molar-refractivity contribution in [1.29, 1.82) is 0 Å². The van der Waals surface area contributed by atoms with E-state index in [4.69, 9.17) is 0 Å². The lowest BCUT2D eigenvalue weighted by molar-refractivity contribution is 0.221. The van der Waals surface area contributed by atoms with E-state index in [0.717, 1.165) is 12.1 Å². The zero-order valence-electron chi connectivity index (χ0n) is 9.34. The molecule has 0 aromatic carbocycles. The second kappa shape index (κ2) is 5.61. The molecule has 0 heterocycles. The molecule has 1 aliphatic rings. The summed E-state index contributed by atoms with van der Waals surface area (Å²) in [6.07, 6.45) is 5.40. The number of likely N-dealkylation sites (N-methyl/N-ethyl adjacent to an activating group) is 1. The monoisotopic (exact) mass is 184 g/mol. The summed E-state index contributed by atoms with van der Waals surface area (Å²) in [5.74, 6) is 0. The van der Waals surface area contributed by atoms with Crippen molar-refractivity contribution in [2.24, 2.45) is 0 Å². The molecule has 0 aromatic rings. The molecule has 1 saturated carbocycles. The zero-order chi connectivity index (χ0) is 9.68. The van der Waals surface area contributed by atoms with E-state index < -0.39 is 0 Å². The van der Waals surface area contributed by atoms with Crippen LogP contribution in [0.15, 0.2) is 0 Å². The van der Waals surface area contributed by atoms with Gasteiger partial charge in [0.1, 0.15) is 0 Å². The van der Waals surface area contributed by atoms with Crippen LogP contribution in [0.3, 0.4) is 0 Å². The van der Waals surface area contributed by atoms with E-state index in [0.29, 0.717) is 0 Å². The van der Waals surface area contributed by atoms with Gasteiger partial charge in [-0.05, 0) is 39.4 Å². The van der Waals surface area contributed by atoms with Crippen LogP contribution in [0.5, 0.6) is 0 Å². The molecule has 0 aliphatic heterocycles. The summed E-state index contributed by atoms with van der Waals surface area (Å²) in [4.78, 5) is 2.49. The lowest BCUT2D eigenvalue weighted by atomic mass is 10.1. The van der Waals surface area contributed by atoms with Crippen LogP contribution >= 0.6 is 0 Å². The Morgan fingerprint density at radius 1 is 1.31 bits per heavy atom. The van der Waals surface area contributed by atoms with Gasteiger partial charge in [0.25, 0.3) is 0 Å². The van der Waals surface area contributed by atoms with E-state index in [1.807, 2.05) is 0 Å². The number of hydrogen-bond acceptors (Lipinski definition) is 2. The first-order valence-electron chi connectivity index (χ1n) is 5.73. The minimum atomic E-state index is 0.755. The fraction of sp³-hybridized carbons (Fsp3) is 1.00. The molecule has 1 rings (SSSR count). The smallest absolute Gasteiger partial charge is 0.0246 e. The number of hydrogen-bond donors (Lipinski definition) is 1. The van der Waals surface area contributed by atoms with Gasteiger partial charge in [-0.1, -0.05) is 20.3 Å². The molecule has 0 bridgehead atoms. The lowest BCUT2D eigenvalue weighted by Crippen LogP contribution is -2.45. The van der Waals surface area contributed by atoms with Crippen LogP contribution in [0.25, 0.3) is 0 Å². The highest BCUT2D eigenvalue weighted by atomic mass is 15.2. The molecule has 2 heteroatoms. The van der Waals surface area contributed by atoms with Gasteiger partial charge in [0.15, 0.2) is 0 Å². The maximum atomic E-state index is 3.65. The summed E-state index contributed by atoms with van der Waals surface area (Å²) in [7, 11) is 2.25. The van der Waals surface area contributed by atoms with Crippen molar-refractivity contribution in [2.75, 3.05) is 20.1 Å². The number of rotatable bonds is 5. The Balaban J connectivity index is 2.34. The minimum Gasteiger partial charge on any atom is -0.312 e. The molecule has 2 nitrogen and oxygen atoms in total. The van der Waals surface area contributed by atoms with Crippen molar-refractivity contribution >= 4 is 0 Å². The van der Waals surface area contributed by atoms with E-state index in [1.54, 1.807) is 0 Å². The highest BCUT2D eigenvalue weighted by molar-refractivity contribution is 4.88. The zero-order valence-corrected chi connectivity index (χ0v) is 9.34. The molecule has 0 amide bonds.